The smallest absolute Gasteiger partial charge is 0.175 e. The molecule has 0 bridgehead atoms. The standard InChI is InChI=1S/C23H20BrClN2O2/c1-3-28-21-12-16(23-26-19-9-8-14(2)10-20(19)27-23)11-17(24)22(21)29-13-15-6-4-5-7-18(15)25/h4-12H,3,13H2,1-2H3,(H,26,27). The van der Waals surface area contributed by atoms with Crippen LogP contribution in [0.1, 0.15) is 18.1 Å². The predicted octanol–water partition coefficient (Wildman–Crippen LogP) is 6.93. The van der Waals surface area contributed by atoms with Gasteiger partial charge in [-0.25, -0.2) is 4.98 Å². The van der Waals surface area contributed by atoms with Gasteiger partial charge in [-0.3, -0.25) is 0 Å². The summed E-state index contributed by atoms with van der Waals surface area (Å²) in [6.07, 6.45) is 0. The number of fused-ring (bicyclic) bond motifs is 1. The Morgan fingerprint density at radius 3 is 2.69 bits per heavy atom. The summed E-state index contributed by atoms with van der Waals surface area (Å²) in [7, 11) is 0. The zero-order valence-corrected chi connectivity index (χ0v) is 18.5. The van der Waals surface area contributed by atoms with Gasteiger partial charge in [-0.1, -0.05) is 35.9 Å². The molecule has 1 aromatic heterocycles. The van der Waals surface area contributed by atoms with Crippen LogP contribution < -0.4 is 9.47 Å². The summed E-state index contributed by atoms with van der Waals surface area (Å²) in [5.74, 6) is 2.08. The van der Waals surface area contributed by atoms with Gasteiger partial charge in [0.25, 0.3) is 0 Å². The summed E-state index contributed by atoms with van der Waals surface area (Å²) in [5.41, 5.74) is 4.96. The average molecular weight is 472 g/mol. The Kier molecular flexibility index (Phi) is 5.79. The van der Waals surface area contributed by atoms with Crippen LogP contribution in [0.5, 0.6) is 11.5 Å². The summed E-state index contributed by atoms with van der Waals surface area (Å²) >= 11 is 9.88. The lowest BCUT2D eigenvalue weighted by atomic mass is 10.2. The van der Waals surface area contributed by atoms with E-state index in [0.29, 0.717) is 29.7 Å². The third kappa shape index (κ3) is 4.26. The van der Waals surface area contributed by atoms with E-state index in [1.807, 2.05) is 49.4 Å². The second-order valence-electron chi connectivity index (χ2n) is 6.70. The molecule has 0 radical (unpaired) electrons. The predicted molar refractivity (Wildman–Crippen MR) is 121 cm³/mol. The molecule has 0 saturated carbocycles. The molecule has 0 spiro atoms. The zero-order valence-electron chi connectivity index (χ0n) is 16.1. The molecule has 4 rings (SSSR count). The van der Waals surface area contributed by atoms with Crippen LogP contribution in [0.2, 0.25) is 5.02 Å². The summed E-state index contributed by atoms with van der Waals surface area (Å²) in [4.78, 5) is 8.10. The molecule has 0 saturated heterocycles. The van der Waals surface area contributed by atoms with E-state index in [9.17, 15) is 0 Å². The SMILES string of the molecule is CCOc1cc(-c2nc3ccc(C)cc3[nH]2)cc(Br)c1OCc1ccccc1Cl. The van der Waals surface area contributed by atoms with Crippen LogP contribution in [-0.4, -0.2) is 16.6 Å². The first kappa shape index (κ1) is 19.8. The van der Waals surface area contributed by atoms with Crippen molar-refractivity contribution in [1.82, 2.24) is 9.97 Å². The maximum atomic E-state index is 6.25. The fourth-order valence-electron chi connectivity index (χ4n) is 3.13. The number of nitrogens with zero attached hydrogens (tertiary/aromatic N) is 1. The topological polar surface area (TPSA) is 47.1 Å². The van der Waals surface area contributed by atoms with Crippen molar-refractivity contribution in [3.05, 3.63) is 75.2 Å². The lowest BCUT2D eigenvalue weighted by molar-refractivity contribution is 0.268. The lowest BCUT2D eigenvalue weighted by Gasteiger charge is -2.15. The number of imidazole rings is 1. The van der Waals surface area contributed by atoms with Crippen LogP contribution in [0, 0.1) is 6.92 Å². The Morgan fingerprint density at radius 1 is 1.07 bits per heavy atom. The van der Waals surface area contributed by atoms with Crippen molar-refractivity contribution in [3.8, 4) is 22.9 Å². The van der Waals surface area contributed by atoms with E-state index >= 15 is 0 Å². The minimum absolute atomic E-state index is 0.349. The van der Waals surface area contributed by atoms with Gasteiger partial charge in [-0.05, 0) is 65.7 Å². The third-order valence-electron chi connectivity index (χ3n) is 4.55. The molecular weight excluding hydrogens is 452 g/mol. The molecular formula is C23H20BrClN2O2. The molecule has 6 heteroatoms. The number of ether oxygens (including phenoxy) is 2. The summed E-state index contributed by atoms with van der Waals surface area (Å²) in [6, 6.07) is 17.7. The number of H-pyrrole nitrogens is 1. The number of hydrogen-bond acceptors (Lipinski definition) is 3. The lowest BCUT2D eigenvalue weighted by Crippen LogP contribution is -2.01. The van der Waals surface area contributed by atoms with Gasteiger partial charge in [-0.2, -0.15) is 0 Å². The Hall–Kier alpha value is -2.50. The van der Waals surface area contributed by atoms with Gasteiger partial charge in [0, 0.05) is 16.1 Å². The van der Waals surface area contributed by atoms with Crippen molar-refractivity contribution in [2.45, 2.75) is 20.5 Å². The molecule has 1 heterocycles. The quantitative estimate of drug-likeness (QED) is 0.331. The van der Waals surface area contributed by atoms with Crippen molar-refractivity contribution in [3.63, 3.8) is 0 Å². The van der Waals surface area contributed by atoms with Crippen LogP contribution in [0.4, 0.5) is 0 Å². The molecule has 3 aromatic carbocycles. The van der Waals surface area contributed by atoms with Gasteiger partial charge in [0.2, 0.25) is 0 Å². The van der Waals surface area contributed by atoms with Crippen molar-refractivity contribution >= 4 is 38.6 Å². The minimum Gasteiger partial charge on any atom is -0.490 e. The zero-order chi connectivity index (χ0) is 20.4. The molecule has 29 heavy (non-hydrogen) atoms. The van der Waals surface area contributed by atoms with Gasteiger partial charge in [0.1, 0.15) is 12.4 Å². The fourth-order valence-corrected chi connectivity index (χ4v) is 3.88. The molecule has 0 aliphatic carbocycles. The van der Waals surface area contributed by atoms with E-state index in [1.54, 1.807) is 0 Å². The molecule has 0 unspecified atom stereocenters. The maximum absolute atomic E-state index is 6.25. The van der Waals surface area contributed by atoms with Crippen LogP contribution in [-0.2, 0) is 6.61 Å². The van der Waals surface area contributed by atoms with E-state index in [2.05, 4.69) is 40.0 Å². The monoisotopic (exact) mass is 470 g/mol. The number of aryl methyl sites for hydroxylation is 1. The molecule has 4 aromatic rings. The van der Waals surface area contributed by atoms with E-state index < -0.39 is 0 Å². The normalized spacial score (nSPS) is 11.0. The van der Waals surface area contributed by atoms with Gasteiger partial charge >= 0.3 is 0 Å². The Balaban J connectivity index is 1.69. The van der Waals surface area contributed by atoms with Crippen LogP contribution in [0.3, 0.4) is 0 Å². The van der Waals surface area contributed by atoms with Gasteiger partial charge < -0.3 is 14.5 Å². The highest BCUT2D eigenvalue weighted by atomic mass is 79.9. The molecule has 0 amide bonds. The number of rotatable bonds is 6. The van der Waals surface area contributed by atoms with Crippen LogP contribution in [0.25, 0.3) is 22.4 Å². The second kappa shape index (κ2) is 8.47. The fraction of sp³-hybridized carbons (Fsp3) is 0.174. The van der Waals surface area contributed by atoms with E-state index in [4.69, 9.17) is 26.1 Å². The highest BCUT2D eigenvalue weighted by molar-refractivity contribution is 9.10. The summed E-state index contributed by atoms with van der Waals surface area (Å²) in [5, 5.41) is 0.677. The Bertz CT molecular complexity index is 1170. The van der Waals surface area contributed by atoms with Crippen molar-refractivity contribution in [2.24, 2.45) is 0 Å². The van der Waals surface area contributed by atoms with E-state index in [-0.39, 0.29) is 0 Å². The molecule has 0 fully saturated rings. The Labute approximate surface area is 183 Å². The van der Waals surface area contributed by atoms with Crippen molar-refractivity contribution in [2.75, 3.05) is 6.61 Å². The van der Waals surface area contributed by atoms with Crippen molar-refractivity contribution < 1.29 is 9.47 Å². The largest absolute Gasteiger partial charge is 0.490 e. The summed E-state index contributed by atoms with van der Waals surface area (Å²) < 4.78 is 12.7. The number of hydrogen-bond donors (Lipinski definition) is 1. The van der Waals surface area contributed by atoms with Gasteiger partial charge in [0.05, 0.1) is 22.1 Å². The molecule has 0 atom stereocenters. The summed E-state index contributed by atoms with van der Waals surface area (Å²) in [6.45, 7) is 4.89. The molecule has 0 aliphatic rings. The van der Waals surface area contributed by atoms with E-state index in [1.165, 1.54) is 5.56 Å². The first-order valence-electron chi connectivity index (χ1n) is 9.34. The number of nitrogens with one attached hydrogen (secondary N) is 1. The van der Waals surface area contributed by atoms with Gasteiger partial charge in [-0.15, -0.1) is 0 Å². The second-order valence-corrected chi connectivity index (χ2v) is 7.97. The minimum atomic E-state index is 0.349. The maximum Gasteiger partial charge on any atom is 0.175 e. The van der Waals surface area contributed by atoms with Gasteiger partial charge in [0.15, 0.2) is 11.5 Å². The molecule has 0 aliphatic heterocycles. The molecule has 4 nitrogen and oxygen atoms in total. The number of halogens is 2. The Morgan fingerprint density at radius 2 is 1.90 bits per heavy atom. The average Bonchev–Trinajstić information content (AvgIpc) is 3.12. The first-order valence-corrected chi connectivity index (χ1v) is 10.5. The molecule has 1 N–H and O–H groups in total. The number of benzene rings is 3. The van der Waals surface area contributed by atoms with Crippen LogP contribution >= 0.6 is 27.5 Å². The highest BCUT2D eigenvalue weighted by Gasteiger charge is 2.16. The van der Waals surface area contributed by atoms with E-state index in [0.717, 1.165) is 32.5 Å². The third-order valence-corrected chi connectivity index (χ3v) is 5.51. The molecule has 148 valence electrons. The first-order chi connectivity index (χ1) is 14.0. The number of aromatic nitrogens is 2. The van der Waals surface area contributed by atoms with Crippen molar-refractivity contribution in [1.29, 1.82) is 0 Å². The number of aromatic amines is 1. The van der Waals surface area contributed by atoms with Crippen LogP contribution in [0.15, 0.2) is 59.1 Å². The highest BCUT2D eigenvalue weighted by Crippen LogP contribution is 2.40.